The first-order chi connectivity index (χ1) is 15.4. The van der Waals surface area contributed by atoms with E-state index in [-0.39, 0.29) is 47.9 Å². The molecule has 0 aromatic carbocycles. The first kappa shape index (κ1) is 24.8. The van der Waals surface area contributed by atoms with E-state index in [0.717, 1.165) is 18.4 Å². The van der Waals surface area contributed by atoms with Crippen LogP contribution in [-0.2, 0) is 19.1 Å². The van der Waals surface area contributed by atoms with Crippen molar-refractivity contribution in [3.63, 3.8) is 0 Å². The van der Waals surface area contributed by atoms with Crippen LogP contribution in [0.5, 0.6) is 0 Å². The summed E-state index contributed by atoms with van der Waals surface area (Å²) in [5.74, 6) is -1.91. The highest BCUT2D eigenvalue weighted by Gasteiger charge is 2.69. The summed E-state index contributed by atoms with van der Waals surface area (Å²) >= 11 is 0. The van der Waals surface area contributed by atoms with Crippen LogP contribution in [0.1, 0.15) is 80.1 Å². The predicted octanol–water partition coefficient (Wildman–Crippen LogP) is 5.01. The van der Waals surface area contributed by atoms with Gasteiger partial charge in [-0.3, -0.25) is 9.59 Å². The van der Waals surface area contributed by atoms with Crippen molar-refractivity contribution >= 4 is 11.8 Å². The molecule has 3 saturated carbocycles. The Labute approximate surface area is 197 Å². The van der Waals surface area contributed by atoms with Gasteiger partial charge in [0, 0.05) is 30.3 Å². The molecule has 4 rings (SSSR count). The standard InChI is InChI=1S/C27H41FO5/c1-7-24(30)33-27(31)15(3)11-20-17-12-22(28)21-13-23(32-8-2)18(16(4)29)14-25(21,5)19(17)9-10-26(20,27)6/h13,15,17-20,22-23,31H,7-12,14H2,1-6H3/t15?,17-,18?,19-,20+,22?,23?,25-,26+,27?/m1/s1. The van der Waals surface area contributed by atoms with Gasteiger partial charge >= 0.3 is 5.97 Å². The highest BCUT2D eigenvalue weighted by Crippen LogP contribution is 2.69. The molecule has 0 spiro atoms. The fraction of sp³-hybridized carbons (Fsp3) is 0.852. The summed E-state index contributed by atoms with van der Waals surface area (Å²) in [7, 11) is 0. The number of esters is 1. The molecule has 0 heterocycles. The van der Waals surface area contributed by atoms with Crippen LogP contribution < -0.4 is 0 Å². The second kappa shape index (κ2) is 8.44. The van der Waals surface area contributed by atoms with E-state index in [9.17, 15) is 14.7 Å². The van der Waals surface area contributed by atoms with Gasteiger partial charge in [0.25, 0.3) is 0 Å². The van der Waals surface area contributed by atoms with E-state index < -0.39 is 28.8 Å². The summed E-state index contributed by atoms with van der Waals surface area (Å²) < 4.78 is 27.4. The van der Waals surface area contributed by atoms with Gasteiger partial charge < -0.3 is 14.6 Å². The monoisotopic (exact) mass is 464 g/mol. The molecule has 6 heteroatoms. The minimum Gasteiger partial charge on any atom is -0.432 e. The number of aliphatic hydroxyl groups is 1. The number of carbonyl (C=O) groups is 2. The largest absolute Gasteiger partial charge is 0.432 e. The molecule has 186 valence electrons. The number of ketones is 1. The Bertz CT molecular complexity index is 840. The van der Waals surface area contributed by atoms with Crippen LogP contribution in [0.15, 0.2) is 11.6 Å². The molecule has 4 aliphatic carbocycles. The molecule has 0 aliphatic heterocycles. The molecule has 33 heavy (non-hydrogen) atoms. The average Bonchev–Trinajstić information content (AvgIpc) is 2.95. The maximum atomic E-state index is 15.9. The number of ether oxygens (including phenoxy) is 2. The van der Waals surface area contributed by atoms with E-state index in [1.54, 1.807) is 13.8 Å². The lowest BCUT2D eigenvalue weighted by atomic mass is 9.46. The van der Waals surface area contributed by atoms with E-state index in [4.69, 9.17) is 9.47 Å². The van der Waals surface area contributed by atoms with Crippen LogP contribution in [-0.4, -0.2) is 41.5 Å². The second-order valence-electron chi connectivity index (χ2n) is 11.6. The fourth-order valence-corrected chi connectivity index (χ4v) is 8.27. The Morgan fingerprint density at radius 2 is 1.91 bits per heavy atom. The van der Waals surface area contributed by atoms with Gasteiger partial charge in [0.1, 0.15) is 12.0 Å². The fourth-order valence-electron chi connectivity index (χ4n) is 8.27. The predicted molar refractivity (Wildman–Crippen MR) is 123 cm³/mol. The lowest BCUT2D eigenvalue weighted by Crippen LogP contribution is -2.59. The molecule has 0 bridgehead atoms. The van der Waals surface area contributed by atoms with Crippen LogP contribution in [0.25, 0.3) is 0 Å². The van der Waals surface area contributed by atoms with Crippen molar-refractivity contribution in [2.45, 2.75) is 98.1 Å². The number of hydrogen-bond donors (Lipinski definition) is 1. The van der Waals surface area contributed by atoms with E-state index >= 15 is 4.39 Å². The zero-order valence-corrected chi connectivity index (χ0v) is 21.0. The van der Waals surface area contributed by atoms with Crippen molar-refractivity contribution in [1.82, 2.24) is 0 Å². The maximum Gasteiger partial charge on any atom is 0.308 e. The van der Waals surface area contributed by atoms with Crippen molar-refractivity contribution in [2.75, 3.05) is 6.61 Å². The number of hydrogen-bond acceptors (Lipinski definition) is 5. The number of fused-ring (bicyclic) bond motifs is 5. The van der Waals surface area contributed by atoms with Gasteiger partial charge in [0.05, 0.1) is 6.10 Å². The highest BCUT2D eigenvalue weighted by molar-refractivity contribution is 5.79. The third-order valence-corrected chi connectivity index (χ3v) is 10.0. The van der Waals surface area contributed by atoms with Crippen molar-refractivity contribution in [3.8, 4) is 0 Å². The average molecular weight is 465 g/mol. The SMILES string of the molecule is CCOC1C=C2C(F)C[C@@H]3[C@@H](CC[C@@]4(C)[C@H]3CC(C)C4(O)OC(=O)CC)[C@@]2(C)CC1C(C)=O. The van der Waals surface area contributed by atoms with E-state index in [1.165, 1.54) is 0 Å². The number of rotatable bonds is 5. The summed E-state index contributed by atoms with van der Waals surface area (Å²) in [5, 5.41) is 11.7. The van der Waals surface area contributed by atoms with Crippen LogP contribution in [0.3, 0.4) is 0 Å². The smallest absolute Gasteiger partial charge is 0.308 e. The summed E-state index contributed by atoms with van der Waals surface area (Å²) in [4.78, 5) is 24.8. The first-order valence-corrected chi connectivity index (χ1v) is 12.8. The van der Waals surface area contributed by atoms with Crippen molar-refractivity contribution < 1.29 is 28.6 Å². The number of carbonyl (C=O) groups excluding carboxylic acids is 2. The quantitative estimate of drug-likeness (QED) is 0.352. The molecule has 0 radical (unpaired) electrons. The third-order valence-electron chi connectivity index (χ3n) is 10.0. The van der Waals surface area contributed by atoms with Crippen LogP contribution in [0.4, 0.5) is 4.39 Å². The molecule has 4 aliphatic rings. The summed E-state index contributed by atoms with van der Waals surface area (Å²) in [5.41, 5.74) is -0.197. The van der Waals surface area contributed by atoms with Crippen molar-refractivity contribution in [1.29, 1.82) is 0 Å². The molecule has 10 atom stereocenters. The molecule has 0 aromatic heterocycles. The van der Waals surface area contributed by atoms with Crippen molar-refractivity contribution in [2.24, 2.45) is 40.4 Å². The van der Waals surface area contributed by atoms with Crippen LogP contribution >= 0.6 is 0 Å². The third kappa shape index (κ3) is 3.53. The van der Waals surface area contributed by atoms with E-state index in [2.05, 4.69) is 6.92 Å². The first-order valence-electron chi connectivity index (χ1n) is 12.8. The molecule has 0 amide bonds. The Balaban J connectivity index is 1.70. The Morgan fingerprint density at radius 3 is 2.52 bits per heavy atom. The lowest BCUT2D eigenvalue weighted by molar-refractivity contribution is -0.279. The van der Waals surface area contributed by atoms with Gasteiger partial charge in [-0.2, -0.15) is 0 Å². The second-order valence-corrected chi connectivity index (χ2v) is 11.6. The Morgan fingerprint density at radius 1 is 1.21 bits per heavy atom. The number of Topliss-reactive ketones (excluding diaryl/α,β-unsaturated/α-hetero) is 1. The molecule has 3 fully saturated rings. The van der Waals surface area contributed by atoms with Crippen LogP contribution in [0, 0.1) is 40.4 Å². The van der Waals surface area contributed by atoms with Gasteiger partial charge in [-0.15, -0.1) is 0 Å². The molecule has 0 aromatic rings. The highest BCUT2D eigenvalue weighted by atomic mass is 19.1. The zero-order chi connectivity index (χ0) is 24.3. The summed E-state index contributed by atoms with van der Waals surface area (Å²) in [6.07, 6.45) is 3.97. The van der Waals surface area contributed by atoms with Crippen molar-refractivity contribution in [3.05, 3.63) is 11.6 Å². The topological polar surface area (TPSA) is 72.8 Å². The van der Waals surface area contributed by atoms with E-state index in [1.807, 2.05) is 26.8 Å². The summed E-state index contributed by atoms with van der Waals surface area (Å²) in [6, 6.07) is 0. The lowest BCUT2D eigenvalue weighted by Gasteiger charge is -2.60. The molecule has 5 nitrogen and oxygen atoms in total. The van der Waals surface area contributed by atoms with Gasteiger partial charge in [-0.05, 0) is 74.7 Å². The van der Waals surface area contributed by atoms with Crippen LogP contribution in [0.2, 0.25) is 0 Å². The summed E-state index contributed by atoms with van der Waals surface area (Å²) in [6.45, 7) is 11.9. The minimum atomic E-state index is -1.52. The Hall–Kier alpha value is -1.27. The van der Waals surface area contributed by atoms with Gasteiger partial charge in [-0.1, -0.05) is 33.8 Å². The molecular weight excluding hydrogens is 423 g/mol. The normalized spacial score (nSPS) is 48.8. The van der Waals surface area contributed by atoms with E-state index in [0.29, 0.717) is 25.9 Å². The van der Waals surface area contributed by atoms with Gasteiger partial charge in [-0.25, -0.2) is 4.39 Å². The number of alkyl halides is 1. The maximum absolute atomic E-state index is 15.9. The van der Waals surface area contributed by atoms with Gasteiger partial charge in [0.2, 0.25) is 5.79 Å². The molecule has 1 N–H and O–H groups in total. The molecule has 0 saturated heterocycles. The number of halogens is 1. The molecule has 5 unspecified atom stereocenters. The van der Waals surface area contributed by atoms with Gasteiger partial charge in [0.15, 0.2) is 0 Å². The minimum absolute atomic E-state index is 0.0675. The molecular formula is C27H41FO5. The zero-order valence-electron chi connectivity index (χ0n) is 21.0. The Kier molecular flexibility index (Phi) is 6.35. The number of allylic oxidation sites excluding steroid dienone is 1.